The molecular weight excluding hydrogens is 238 g/mol. The number of aryl methyl sites for hydroxylation is 2. The minimum Gasteiger partial charge on any atom is -0.466 e. The van der Waals surface area contributed by atoms with Crippen molar-refractivity contribution in [3.8, 4) is 0 Å². The van der Waals surface area contributed by atoms with Crippen molar-refractivity contribution in [3.63, 3.8) is 0 Å². The fourth-order valence-electron chi connectivity index (χ4n) is 2.30. The molecule has 2 aromatic heterocycles. The molecule has 0 bridgehead atoms. The van der Waals surface area contributed by atoms with Gasteiger partial charge in [0.25, 0.3) is 0 Å². The standard InChI is InChI=1S/C16H13NO2/c1-10-9-14(11(2)19-10)16(18)13-5-3-7-15-12(13)6-4-8-17-15/h3-9H,1-2H3. The number of benzene rings is 1. The number of carbonyl (C=O) groups is 1. The molecular formula is C16H13NO2. The fourth-order valence-corrected chi connectivity index (χ4v) is 2.30. The highest BCUT2D eigenvalue weighted by molar-refractivity contribution is 6.16. The molecule has 3 rings (SSSR count). The molecule has 0 spiro atoms. The highest BCUT2D eigenvalue weighted by atomic mass is 16.3. The Morgan fingerprint density at radius 3 is 2.68 bits per heavy atom. The molecule has 0 saturated carbocycles. The Hall–Kier alpha value is -2.42. The third-order valence-electron chi connectivity index (χ3n) is 3.18. The Bertz CT molecular complexity index is 766. The van der Waals surface area contributed by atoms with Crippen LogP contribution in [0.25, 0.3) is 10.9 Å². The van der Waals surface area contributed by atoms with Gasteiger partial charge in [0.2, 0.25) is 0 Å². The molecule has 0 fully saturated rings. The number of hydrogen-bond donors (Lipinski definition) is 0. The average Bonchev–Trinajstić information content (AvgIpc) is 2.76. The van der Waals surface area contributed by atoms with E-state index in [2.05, 4.69) is 4.98 Å². The highest BCUT2D eigenvalue weighted by Gasteiger charge is 2.17. The van der Waals surface area contributed by atoms with Gasteiger partial charge in [0.05, 0.1) is 11.1 Å². The van der Waals surface area contributed by atoms with Crippen LogP contribution in [0.4, 0.5) is 0 Å². The Balaban J connectivity index is 2.19. The lowest BCUT2D eigenvalue weighted by atomic mass is 9.99. The van der Waals surface area contributed by atoms with Gasteiger partial charge in [-0.25, -0.2) is 0 Å². The zero-order valence-corrected chi connectivity index (χ0v) is 10.8. The Kier molecular flexibility index (Phi) is 2.67. The molecule has 3 heteroatoms. The molecule has 0 aliphatic rings. The van der Waals surface area contributed by atoms with Crippen LogP contribution in [0.15, 0.2) is 47.0 Å². The van der Waals surface area contributed by atoms with E-state index in [4.69, 9.17) is 4.42 Å². The van der Waals surface area contributed by atoms with Gasteiger partial charge in [0, 0.05) is 17.1 Å². The molecule has 3 aromatic rings. The largest absolute Gasteiger partial charge is 0.466 e. The molecule has 3 nitrogen and oxygen atoms in total. The molecule has 0 atom stereocenters. The molecule has 0 amide bonds. The van der Waals surface area contributed by atoms with Gasteiger partial charge in [-0.15, -0.1) is 0 Å². The van der Waals surface area contributed by atoms with Crippen LogP contribution in [0.3, 0.4) is 0 Å². The number of pyridine rings is 1. The van der Waals surface area contributed by atoms with Gasteiger partial charge in [-0.2, -0.15) is 0 Å². The number of ketones is 1. The predicted molar refractivity (Wildman–Crippen MR) is 73.4 cm³/mol. The molecule has 0 unspecified atom stereocenters. The third-order valence-corrected chi connectivity index (χ3v) is 3.18. The van der Waals surface area contributed by atoms with Crippen molar-refractivity contribution in [1.29, 1.82) is 0 Å². The number of nitrogens with zero attached hydrogens (tertiary/aromatic N) is 1. The summed E-state index contributed by atoms with van der Waals surface area (Å²) in [5.41, 5.74) is 2.11. The Labute approximate surface area is 110 Å². The van der Waals surface area contributed by atoms with E-state index in [-0.39, 0.29) is 5.78 Å². The van der Waals surface area contributed by atoms with Crippen LogP contribution in [-0.2, 0) is 0 Å². The number of aromatic nitrogens is 1. The molecule has 94 valence electrons. The Morgan fingerprint density at radius 1 is 1.11 bits per heavy atom. The van der Waals surface area contributed by atoms with E-state index in [0.29, 0.717) is 16.9 Å². The molecule has 0 saturated heterocycles. The van der Waals surface area contributed by atoms with Crippen molar-refractivity contribution < 1.29 is 9.21 Å². The normalized spacial score (nSPS) is 10.8. The monoisotopic (exact) mass is 251 g/mol. The maximum absolute atomic E-state index is 12.6. The molecule has 0 N–H and O–H groups in total. The van der Waals surface area contributed by atoms with E-state index in [1.54, 1.807) is 12.3 Å². The topological polar surface area (TPSA) is 43.1 Å². The van der Waals surface area contributed by atoms with Crippen LogP contribution in [0.5, 0.6) is 0 Å². The lowest BCUT2D eigenvalue weighted by Crippen LogP contribution is -2.02. The van der Waals surface area contributed by atoms with Crippen molar-refractivity contribution in [2.45, 2.75) is 13.8 Å². The molecule has 0 aliphatic carbocycles. The first-order valence-corrected chi connectivity index (χ1v) is 6.12. The summed E-state index contributed by atoms with van der Waals surface area (Å²) in [5.74, 6) is 1.38. The summed E-state index contributed by atoms with van der Waals surface area (Å²) >= 11 is 0. The van der Waals surface area contributed by atoms with Gasteiger partial charge >= 0.3 is 0 Å². The van der Waals surface area contributed by atoms with Gasteiger partial charge in [-0.1, -0.05) is 18.2 Å². The van der Waals surface area contributed by atoms with Gasteiger partial charge in [0.1, 0.15) is 11.5 Å². The van der Waals surface area contributed by atoms with Gasteiger partial charge in [-0.3, -0.25) is 9.78 Å². The molecule has 0 aliphatic heterocycles. The number of furan rings is 1. The zero-order chi connectivity index (χ0) is 13.4. The third kappa shape index (κ3) is 1.93. The summed E-state index contributed by atoms with van der Waals surface area (Å²) in [4.78, 5) is 16.9. The first kappa shape index (κ1) is 11.7. The lowest BCUT2D eigenvalue weighted by molar-refractivity contribution is 0.103. The number of rotatable bonds is 2. The molecule has 1 aromatic carbocycles. The van der Waals surface area contributed by atoms with Crippen molar-refractivity contribution in [2.75, 3.05) is 0 Å². The van der Waals surface area contributed by atoms with Crippen molar-refractivity contribution in [2.24, 2.45) is 0 Å². The van der Waals surface area contributed by atoms with E-state index >= 15 is 0 Å². The van der Waals surface area contributed by atoms with E-state index < -0.39 is 0 Å². The molecule has 0 radical (unpaired) electrons. The fraction of sp³-hybridized carbons (Fsp3) is 0.125. The van der Waals surface area contributed by atoms with Crippen LogP contribution in [0.2, 0.25) is 0 Å². The zero-order valence-electron chi connectivity index (χ0n) is 10.8. The van der Waals surface area contributed by atoms with E-state index in [1.165, 1.54) is 0 Å². The van der Waals surface area contributed by atoms with Gasteiger partial charge in [-0.05, 0) is 32.0 Å². The minimum absolute atomic E-state index is 0.0204. The molecule has 2 heterocycles. The van der Waals surface area contributed by atoms with Crippen molar-refractivity contribution in [1.82, 2.24) is 4.98 Å². The summed E-state index contributed by atoms with van der Waals surface area (Å²) in [5, 5.41) is 0.869. The first-order valence-electron chi connectivity index (χ1n) is 6.12. The second-order valence-corrected chi connectivity index (χ2v) is 4.53. The summed E-state index contributed by atoms with van der Waals surface area (Å²) in [6.07, 6.45) is 1.73. The van der Waals surface area contributed by atoms with Crippen molar-refractivity contribution >= 4 is 16.7 Å². The second-order valence-electron chi connectivity index (χ2n) is 4.53. The average molecular weight is 251 g/mol. The van der Waals surface area contributed by atoms with Crippen molar-refractivity contribution in [3.05, 3.63) is 65.2 Å². The lowest BCUT2D eigenvalue weighted by Gasteiger charge is -2.04. The van der Waals surface area contributed by atoms with Crippen LogP contribution in [-0.4, -0.2) is 10.8 Å². The maximum atomic E-state index is 12.6. The van der Waals surface area contributed by atoms with Crippen LogP contribution in [0.1, 0.15) is 27.4 Å². The second kappa shape index (κ2) is 4.35. The van der Waals surface area contributed by atoms with Crippen LogP contribution < -0.4 is 0 Å². The minimum atomic E-state index is -0.0204. The van der Waals surface area contributed by atoms with E-state index in [0.717, 1.165) is 16.7 Å². The SMILES string of the molecule is Cc1cc(C(=O)c2cccc3ncccc23)c(C)o1. The summed E-state index contributed by atoms with van der Waals surface area (Å²) in [6.45, 7) is 3.65. The summed E-state index contributed by atoms with van der Waals surface area (Å²) in [6, 6.07) is 11.1. The van der Waals surface area contributed by atoms with Crippen LogP contribution >= 0.6 is 0 Å². The number of carbonyl (C=O) groups excluding carboxylic acids is 1. The smallest absolute Gasteiger partial charge is 0.197 e. The number of fused-ring (bicyclic) bond motifs is 1. The maximum Gasteiger partial charge on any atom is 0.197 e. The van der Waals surface area contributed by atoms with E-state index in [1.807, 2.05) is 44.2 Å². The quantitative estimate of drug-likeness (QED) is 0.652. The predicted octanol–water partition coefficient (Wildman–Crippen LogP) is 3.68. The Morgan fingerprint density at radius 2 is 1.95 bits per heavy atom. The number of hydrogen-bond acceptors (Lipinski definition) is 3. The first-order chi connectivity index (χ1) is 9.16. The molecule has 19 heavy (non-hydrogen) atoms. The summed E-state index contributed by atoms with van der Waals surface area (Å²) in [7, 11) is 0. The van der Waals surface area contributed by atoms with Gasteiger partial charge in [0.15, 0.2) is 5.78 Å². The van der Waals surface area contributed by atoms with Gasteiger partial charge < -0.3 is 4.42 Å². The summed E-state index contributed by atoms with van der Waals surface area (Å²) < 4.78 is 5.43. The van der Waals surface area contributed by atoms with E-state index in [9.17, 15) is 4.79 Å². The highest BCUT2D eigenvalue weighted by Crippen LogP contribution is 2.23. The van der Waals surface area contributed by atoms with Crippen LogP contribution in [0, 0.1) is 13.8 Å².